The molecule has 0 radical (unpaired) electrons. The Balaban J connectivity index is 2.32. The summed E-state index contributed by atoms with van der Waals surface area (Å²) < 4.78 is 1.31. The molecule has 2 aromatic rings. The summed E-state index contributed by atoms with van der Waals surface area (Å²) in [6.45, 7) is 3.63. The van der Waals surface area contributed by atoms with Crippen molar-refractivity contribution < 1.29 is 4.79 Å². The summed E-state index contributed by atoms with van der Waals surface area (Å²) in [5.41, 5.74) is 1.57. The number of pyridine rings is 2. The number of hydrogen-bond donors (Lipinski definition) is 2. The highest BCUT2D eigenvalue weighted by Crippen LogP contribution is 2.08. The molecular weight excluding hydrogens is 258 g/mol. The first-order valence-electron chi connectivity index (χ1n) is 6.07. The second-order valence-corrected chi connectivity index (χ2v) is 4.64. The van der Waals surface area contributed by atoms with Gasteiger partial charge in [-0.25, -0.2) is 0 Å². The summed E-state index contributed by atoms with van der Waals surface area (Å²) in [6, 6.07) is 4.35. The van der Waals surface area contributed by atoms with Crippen LogP contribution in [-0.2, 0) is 7.05 Å². The molecule has 2 heterocycles. The molecule has 104 valence electrons. The lowest BCUT2D eigenvalue weighted by Crippen LogP contribution is -2.23. The zero-order valence-electron chi connectivity index (χ0n) is 11.5. The Labute approximate surface area is 115 Å². The van der Waals surface area contributed by atoms with Crippen molar-refractivity contribution in [3.05, 3.63) is 61.9 Å². The maximum Gasteiger partial charge on any atom is 0.271 e. The van der Waals surface area contributed by atoms with Crippen LogP contribution in [0.1, 0.15) is 21.6 Å². The van der Waals surface area contributed by atoms with E-state index in [9.17, 15) is 14.4 Å². The van der Waals surface area contributed by atoms with E-state index in [1.165, 1.54) is 22.9 Å². The fourth-order valence-corrected chi connectivity index (χ4v) is 1.74. The first kappa shape index (κ1) is 13.8. The third kappa shape index (κ3) is 2.69. The molecule has 0 bridgehead atoms. The number of amides is 1. The standard InChI is InChI=1S/C14H15N3O3/c1-8-6-11(14(20)15-9(8)2)16-13(19)10-4-5-12(18)17(3)7-10/h4-7H,1-3H3,(H,15,20)(H,16,19). The monoisotopic (exact) mass is 273 g/mol. The molecule has 0 saturated heterocycles. The van der Waals surface area contributed by atoms with E-state index in [1.807, 2.05) is 6.92 Å². The number of aromatic amines is 1. The number of hydrogen-bond acceptors (Lipinski definition) is 3. The average molecular weight is 273 g/mol. The Kier molecular flexibility index (Phi) is 3.56. The van der Waals surface area contributed by atoms with E-state index in [0.29, 0.717) is 5.56 Å². The zero-order chi connectivity index (χ0) is 14.9. The van der Waals surface area contributed by atoms with E-state index in [0.717, 1.165) is 11.3 Å². The minimum Gasteiger partial charge on any atom is -0.324 e. The Bertz CT molecular complexity index is 787. The minimum atomic E-state index is -0.436. The maximum atomic E-state index is 12.0. The summed E-state index contributed by atoms with van der Waals surface area (Å²) >= 11 is 0. The lowest BCUT2D eigenvalue weighted by Gasteiger charge is -2.07. The van der Waals surface area contributed by atoms with Crippen molar-refractivity contribution in [2.45, 2.75) is 13.8 Å². The van der Waals surface area contributed by atoms with Crippen LogP contribution >= 0.6 is 0 Å². The molecule has 0 spiro atoms. The molecule has 0 aliphatic carbocycles. The molecule has 6 heteroatoms. The van der Waals surface area contributed by atoms with Gasteiger partial charge in [0.1, 0.15) is 5.69 Å². The van der Waals surface area contributed by atoms with Gasteiger partial charge in [0, 0.05) is 25.0 Å². The SMILES string of the molecule is Cc1cc(NC(=O)c2ccc(=O)n(C)c2)c(=O)[nH]c1C. The molecule has 2 aromatic heterocycles. The Hall–Kier alpha value is -2.63. The van der Waals surface area contributed by atoms with Crippen LogP contribution in [0.25, 0.3) is 0 Å². The number of carbonyl (C=O) groups is 1. The van der Waals surface area contributed by atoms with Crippen LogP contribution in [0.15, 0.2) is 34.0 Å². The molecule has 0 saturated carbocycles. The summed E-state index contributed by atoms with van der Waals surface area (Å²) in [7, 11) is 1.56. The molecular formula is C14H15N3O3. The van der Waals surface area contributed by atoms with Crippen LogP contribution in [-0.4, -0.2) is 15.5 Å². The lowest BCUT2D eigenvalue weighted by atomic mass is 10.2. The molecule has 0 atom stereocenters. The first-order chi connectivity index (χ1) is 9.38. The highest BCUT2D eigenvalue weighted by atomic mass is 16.2. The minimum absolute atomic E-state index is 0.187. The highest BCUT2D eigenvalue weighted by molar-refractivity contribution is 6.03. The number of rotatable bonds is 2. The molecule has 1 amide bonds. The number of aromatic nitrogens is 2. The molecule has 0 aliphatic rings. The summed E-state index contributed by atoms with van der Waals surface area (Å²) in [4.78, 5) is 37.7. The Morgan fingerprint density at radius 3 is 2.60 bits per heavy atom. The van der Waals surface area contributed by atoms with E-state index >= 15 is 0 Å². The second-order valence-electron chi connectivity index (χ2n) is 4.64. The average Bonchev–Trinajstić information content (AvgIpc) is 2.39. The van der Waals surface area contributed by atoms with Crippen LogP contribution in [0.4, 0.5) is 5.69 Å². The summed E-state index contributed by atoms with van der Waals surface area (Å²) in [6.07, 6.45) is 1.42. The molecule has 2 N–H and O–H groups in total. The molecule has 0 fully saturated rings. The van der Waals surface area contributed by atoms with Crippen molar-refractivity contribution in [1.29, 1.82) is 0 Å². The lowest BCUT2D eigenvalue weighted by molar-refractivity contribution is 0.102. The Morgan fingerprint density at radius 1 is 1.25 bits per heavy atom. The van der Waals surface area contributed by atoms with Gasteiger partial charge in [-0.3, -0.25) is 14.4 Å². The number of nitrogens with zero attached hydrogens (tertiary/aromatic N) is 1. The zero-order valence-corrected chi connectivity index (χ0v) is 11.5. The fourth-order valence-electron chi connectivity index (χ4n) is 1.74. The van der Waals surface area contributed by atoms with Gasteiger partial charge in [-0.05, 0) is 31.5 Å². The molecule has 0 aliphatic heterocycles. The smallest absolute Gasteiger partial charge is 0.271 e. The van der Waals surface area contributed by atoms with Crippen molar-refractivity contribution in [1.82, 2.24) is 9.55 Å². The van der Waals surface area contributed by atoms with Gasteiger partial charge in [-0.1, -0.05) is 0 Å². The third-order valence-electron chi connectivity index (χ3n) is 3.09. The second kappa shape index (κ2) is 5.16. The summed E-state index contributed by atoms with van der Waals surface area (Å²) in [5, 5.41) is 2.54. The Morgan fingerprint density at radius 2 is 1.95 bits per heavy atom. The third-order valence-corrected chi connectivity index (χ3v) is 3.09. The van der Waals surface area contributed by atoms with E-state index in [2.05, 4.69) is 10.3 Å². The normalized spacial score (nSPS) is 10.3. The van der Waals surface area contributed by atoms with Gasteiger partial charge < -0.3 is 14.9 Å². The summed E-state index contributed by atoms with van der Waals surface area (Å²) in [5.74, 6) is -0.436. The van der Waals surface area contributed by atoms with Crippen LogP contribution < -0.4 is 16.4 Å². The quantitative estimate of drug-likeness (QED) is 0.854. The highest BCUT2D eigenvalue weighted by Gasteiger charge is 2.10. The van der Waals surface area contributed by atoms with Crippen LogP contribution in [0, 0.1) is 13.8 Å². The van der Waals surface area contributed by atoms with E-state index in [1.54, 1.807) is 20.0 Å². The number of carbonyl (C=O) groups excluding carboxylic acids is 1. The van der Waals surface area contributed by atoms with Gasteiger partial charge in [0.2, 0.25) is 5.56 Å². The van der Waals surface area contributed by atoms with Gasteiger partial charge in [-0.15, -0.1) is 0 Å². The molecule has 2 rings (SSSR count). The molecule has 20 heavy (non-hydrogen) atoms. The van der Waals surface area contributed by atoms with Crippen LogP contribution in [0.5, 0.6) is 0 Å². The van der Waals surface area contributed by atoms with Crippen LogP contribution in [0.3, 0.4) is 0 Å². The predicted octanol–water partition coefficient (Wildman–Crippen LogP) is 0.943. The predicted molar refractivity (Wildman–Crippen MR) is 76.2 cm³/mol. The van der Waals surface area contributed by atoms with Gasteiger partial charge in [0.15, 0.2) is 0 Å². The van der Waals surface area contributed by atoms with Crippen molar-refractivity contribution >= 4 is 11.6 Å². The first-order valence-corrected chi connectivity index (χ1v) is 6.07. The molecule has 6 nitrogen and oxygen atoms in total. The van der Waals surface area contributed by atoms with Crippen molar-refractivity contribution in [2.24, 2.45) is 7.05 Å². The van der Waals surface area contributed by atoms with Gasteiger partial charge in [-0.2, -0.15) is 0 Å². The maximum absolute atomic E-state index is 12.0. The number of aryl methyl sites for hydroxylation is 3. The van der Waals surface area contributed by atoms with Gasteiger partial charge in [0.25, 0.3) is 11.5 Å². The van der Waals surface area contributed by atoms with E-state index < -0.39 is 5.91 Å². The topological polar surface area (TPSA) is 84.0 Å². The van der Waals surface area contributed by atoms with E-state index in [-0.39, 0.29) is 16.8 Å². The van der Waals surface area contributed by atoms with Crippen molar-refractivity contribution in [2.75, 3.05) is 5.32 Å². The van der Waals surface area contributed by atoms with E-state index in [4.69, 9.17) is 0 Å². The van der Waals surface area contributed by atoms with Gasteiger partial charge in [0.05, 0.1) is 5.56 Å². The van der Waals surface area contributed by atoms with Crippen LogP contribution in [0.2, 0.25) is 0 Å². The molecule has 0 aromatic carbocycles. The number of anilines is 1. The fraction of sp³-hybridized carbons (Fsp3) is 0.214. The molecule has 0 unspecified atom stereocenters. The van der Waals surface area contributed by atoms with Crippen molar-refractivity contribution in [3.8, 4) is 0 Å². The van der Waals surface area contributed by atoms with Gasteiger partial charge >= 0.3 is 0 Å². The number of nitrogens with one attached hydrogen (secondary N) is 2. The van der Waals surface area contributed by atoms with Crippen molar-refractivity contribution in [3.63, 3.8) is 0 Å². The largest absolute Gasteiger partial charge is 0.324 e. The number of H-pyrrole nitrogens is 1.